The SMILES string of the molecule is COc1cc2c(cnn2Cc2cccnc2)c(C(Cc2cccc(Cl)c2C)N2CCNCC2)c1OC. The summed E-state index contributed by atoms with van der Waals surface area (Å²) in [4.78, 5) is 6.80. The first-order valence-electron chi connectivity index (χ1n) is 12.3. The Hall–Kier alpha value is -3.13. The molecule has 1 saturated heterocycles. The Kier molecular flexibility index (Phi) is 7.41. The van der Waals surface area contributed by atoms with Crippen molar-refractivity contribution >= 4 is 22.5 Å². The maximum atomic E-state index is 6.52. The Morgan fingerprint density at radius 3 is 2.64 bits per heavy atom. The summed E-state index contributed by atoms with van der Waals surface area (Å²) in [5.41, 5.74) is 5.54. The van der Waals surface area contributed by atoms with Gasteiger partial charge < -0.3 is 14.8 Å². The fourth-order valence-corrected chi connectivity index (χ4v) is 5.37. The van der Waals surface area contributed by atoms with Crippen LogP contribution in [-0.4, -0.2) is 60.1 Å². The van der Waals surface area contributed by atoms with Gasteiger partial charge in [0.2, 0.25) is 0 Å². The number of piperazine rings is 1. The van der Waals surface area contributed by atoms with E-state index in [9.17, 15) is 0 Å². The fraction of sp³-hybridized carbons (Fsp3) is 0.357. The van der Waals surface area contributed by atoms with Crippen LogP contribution in [0.3, 0.4) is 0 Å². The van der Waals surface area contributed by atoms with E-state index < -0.39 is 0 Å². The molecule has 2 aromatic carbocycles. The summed E-state index contributed by atoms with van der Waals surface area (Å²) in [5.74, 6) is 1.46. The van der Waals surface area contributed by atoms with Crippen LogP contribution in [0, 0.1) is 6.92 Å². The molecular weight excluding hydrogens is 474 g/mol. The highest BCUT2D eigenvalue weighted by Gasteiger charge is 2.31. The molecule has 3 heterocycles. The van der Waals surface area contributed by atoms with Crippen LogP contribution < -0.4 is 14.8 Å². The molecular formula is C28H32ClN5O2. The van der Waals surface area contributed by atoms with E-state index in [1.54, 1.807) is 20.4 Å². The number of methoxy groups -OCH3 is 2. The summed E-state index contributed by atoms with van der Waals surface area (Å²) in [7, 11) is 3.41. The predicted molar refractivity (Wildman–Crippen MR) is 143 cm³/mol. The number of nitrogens with zero attached hydrogens (tertiary/aromatic N) is 4. The maximum absolute atomic E-state index is 6.52. The van der Waals surface area contributed by atoms with E-state index in [-0.39, 0.29) is 6.04 Å². The number of ether oxygens (including phenoxy) is 2. The summed E-state index contributed by atoms with van der Waals surface area (Å²) in [6.07, 6.45) is 6.43. The number of benzene rings is 2. The molecule has 36 heavy (non-hydrogen) atoms. The van der Waals surface area contributed by atoms with Crippen LogP contribution in [0.25, 0.3) is 10.9 Å². The summed E-state index contributed by atoms with van der Waals surface area (Å²) in [6, 6.07) is 12.3. The third kappa shape index (κ3) is 4.78. The normalized spacial score (nSPS) is 15.2. The Balaban J connectivity index is 1.68. The van der Waals surface area contributed by atoms with E-state index in [4.69, 9.17) is 26.2 Å². The number of hydrogen-bond donors (Lipinski definition) is 1. The Bertz CT molecular complexity index is 1340. The molecule has 2 aromatic heterocycles. The second kappa shape index (κ2) is 10.9. The second-order valence-corrected chi connectivity index (χ2v) is 9.56. The molecule has 5 rings (SSSR count). The van der Waals surface area contributed by atoms with Gasteiger partial charge in [0.05, 0.1) is 32.5 Å². The standard InChI is InChI=1S/C28H32ClN5O2/c1-19-21(7-4-8-23(19)29)14-25(33-12-10-30-11-13-33)27-22-17-32-34(18-20-6-5-9-31-16-20)24(22)15-26(35-2)28(27)36-3/h4-9,15-17,25,30H,10-14,18H2,1-3H3. The highest BCUT2D eigenvalue weighted by Crippen LogP contribution is 2.44. The lowest BCUT2D eigenvalue weighted by molar-refractivity contribution is 0.170. The van der Waals surface area contributed by atoms with Crippen LogP contribution in [-0.2, 0) is 13.0 Å². The van der Waals surface area contributed by atoms with Crippen molar-refractivity contribution in [2.24, 2.45) is 0 Å². The third-order valence-corrected chi connectivity index (χ3v) is 7.51. The van der Waals surface area contributed by atoms with E-state index in [0.29, 0.717) is 12.3 Å². The molecule has 0 spiro atoms. The van der Waals surface area contributed by atoms with Crippen molar-refractivity contribution in [2.45, 2.75) is 25.9 Å². The quantitative estimate of drug-likeness (QED) is 0.376. The van der Waals surface area contributed by atoms with Crippen LogP contribution in [0.2, 0.25) is 5.02 Å². The van der Waals surface area contributed by atoms with Gasteiger partial charge in [-0.15, -0.1) is 0 Å². The van der Waals surface area contributed by atoms with Gasteiger partial charge in [0, 0.05) is 66.7 Å². The Morgan fingerprint density at radius 2 is 1.92 bits per heavy atom. The molecule has 0 bridgehead atoms. The molecule has 1 unspecified atom stereocenters. The lowest BCUT2D eigenvalue weighted by atomic mass is 9.91. The number of rotatable bonds is 8. The van der Waals surface area contributed by atoms with Gasteiger partial charge in [-0.3, -0.25) is 14.6 Å². The highest BCUT2D eigenvalue weighted by molar-refractivity contribution is 6.31. The highest BCUT2D eigenvalue weighted by atomic mass is 35.5. The van der Waals surface area contributed by atoms with E-state index in [0.717, 1.165) is 71.0 Å². The zero-order valence-corrected chi connectivity index (χ0v) is 21.8. The van der Waals surface area contributed by atoms with E-state index in [1.165, 1.54) is 5.56 Å². The first-order valence-corrected chi connectivity index (χ1v) is 12.7. The van der Waals surface area contributed by atoms with Crippen molar-refractivity contribution in [3.63, 3.8) is 0 Å². The molecule has 0 aliphatic carbocycles. The lowest BCUT2D eigenvalue weighted by Gasteiger charge is -2.36. The first-order chi connectivity index (χ1) is 17.6. The molecule has 1 atom stereocenters. The van der Waals surface area contributed by atoms with Crippen LogP contribution in [0.4, 0.5) is 0 Å². The van der Waals surface area contributed by atoms with Gasteiger partial charge in [-0.1, -0.05) is 29.8 Å². The maximum Gasteiger partial charge on any atom is 0.166 e. The zero-order valence-electron chi connectivity index (χ0n) is 21.0. The molecule has 1 aliphatic heterocycles. The van der Waals surface area contributed by atoms with Gasteiger partial charge in [0.15, 0.2) is 11.5 Å². The number of hydrogen-bond acceptors (Lipinski definition) is 6. The van der Waals surface area contributed by atoms with Crippen molar-refractivity contribution < 1.29 is 9.47 Å². The van der Waals surface area contributed by atoms with E-state index in [1.807, 2.05) is 41.3 Å². The zero-order chi connectivity index (χ0) is 25.1. The second-order valence-electron chi connectivity index (χ2n) is 9.15. The molecule has 188 valence electrons. The largest absolute Gasteiger partial charge is 0.493 e. The smallest absolute Gasteiger partial charge is 0.166 e. The molecule has 4 aromatic rings. The van der Waals surface area contributed by atoms with Crippen molar-refractivity contribution in [2.75, 3.05) is 40.4 Å². The molecule has 1 N–H and O–H groups in total. The molecule has 0 radical (unpaired) electrons. The summed E-state index contributed by atoms with van der Waals surface area (Å²) < 4.78 is 13.9. The minimum Gasteiger partial charge on any atom is -0.493 e. The van der Waals surface area contributed by atoms with Crippen molar-refractivity contribution in [1.29, 1.82) is 0 Å². The number of halogens is 1. The molecule has 0 amide bonds. The molecule has 1 fully saturated rings. The van der Waals surface area contributed by atoms with Gasteiger partial charge in [0.1, 0.15) is 0 Å². The van der Waals surface area contributed by atoms with Gasteiger partial charge in [-0.05, 0) is 42.2 Å². The number of nitrogens with one attached hydrogen (secondary N) is 1. The van der Waals surface area contributed by atoms with E-state index >= 15 is 0 Å². The number of pyridine rings is 1. The van der Waals surface area contributed by atoms with Crippen LogP contribution in [0.5, 0.6) is 11.5 Å². The summed E-state index contributed by atoms with van der Waals surface area (Å²) in [6.45, 7) is 6.49. The molecule has 0 saturated carbocycles. The monoisotopic (exact) mass is 505 g/mol. The molecule has 8 heteroatoms. The number of aromatic nitrogens is 3. The Morgan fingerprint density at radius 1 is 1.08 bits per heavy atom. The van der Waals surface area contributed by atoms with Crippen molar-refractivity contribution in [3.8, 4) is 11.5 Å². The van der Waals surface area contributed by atoms with Crippen molar-refractivity contribution in [3.05, 3.63) is 82.3 Å². The minimum absolute atomic E-state index is 0.0628. The topological polar surface area (TPSA) is 64.4 Å². The average molecular weight is 506 g/mol. The van der Waals surface area contributed by atoms with Gasteiger partial charge in [-0.25, -0.2) is 0 Å². The van der Waals surface area contributed by atoms with E-state index in [2.05, 4.69) is 34.3 Å². The van der Waals surface area contributed by atoms with Gasteiger partial charge in [-0.2, -0.15) is 5.10 Å². The number of fused-ring (bicyclic) bond motifs is 1. The average Bonchev–Trinajstić information content (AvgIpc) is 3.31. The lowest BCUT2D eigenvalue weighted by Crippen LogP contribution is -2.45. The van der Waals surface area contributed by atoms with Crippen molar-refractivity contribution in [1.82, 2.24) is 25.0 Å². The summed E-state index contributed by atoms with van der Waals surface area (Å²) in [5, 5.41) is 10.1. The third-order valence-electron chi connectivity index (χ3n) is 7.10. The first kappa shape index (κ1) is 24.6. The fourth-order valence-electron chi connectivity index (χ4n) is 5.17. The molecule has 1 aliphatic rings. The minimum atomic E-state index is 0.0628. The van der Waals surface area contributed by atoms with Gasteiger partial charge >= 0.3 is 0 Å². The Labute approximate surface area is 217 Å². The van der Waals surface area contributed by atoms with Crippen LogP contribution >= 0.6 is 11.6 Å². The van der Waals surface area contributed by atoms with Crippen LogP contribution in [0.15, 0.2) is 55.0 Å². The molecule has 7 nitrogen and oxygen atoms in total. The van der Waals surface area contributed by atoms with Gasteiger partial charge in [0.25, 0.3) is 0 Å². The summed E-state index contributed by atoms with van der Waals surface area (Å²) >= 11 is 6.52. The van der Waals surface area contributed by atoms with Crippen LogP contribution in [0.1, 0.15) is 28.3 Å². The predicted octanol–water partition coefficient (Wildman–Crippen LogP) is 4.65.